The highest BCUT2D eigenvalue weighted by atomic mass is 35.5. The fraction of sp³-hybridized carbons (Fsp3) is 0.211. The smallest absolute Gasteiger partial charge is 0.261 e. The molecule has 6 nitrogen and oxygen atoms in total. The Balaban J connectivity index is 1.58. The Bertz CT molecular complexity index is 913. The van der Waals surface area contributed by atoms with Gasteiger partial charge in [-0.25, -0.2) is 0 Å². The van der Waals surface area contributed by atoms with E-state index in [1.807, 2.05) is 6.92 Å². The van der Waals surface area contributed by atoms with Crippen LogP contribution in [0.5, 0.6) is 5.75 Å². The van der Waals surface area contributed by atoms with Gasteiger partial charge >= 0.3 is 0 Å². The zero-order chi connectivity index (χ0) is 19.2. The summed E-state index contributed by atoms with van der Waals surface area (Å²) in [7, 11) is 0. The van der Waals surface area contributed by atoms with E-state index in [9.17, 15) is 4.79 Å². The molecule has 8 heteroatoms. The van der Waals surface area contributed by atoms with Crippen LogP contribution < -0.4 is 10.1 Å². The Labute approximate surface area is 166 Å². The van der Waals surface area contributed by atoms with Gasteiger partial charge in [-0.05, 0) is 48.9 Å². The number of benzene rings is 2. The lowest BCUT2D eigenvalue weighted by Gasteiger charge is -2.16. The molecule has 0 aliphatic heterocycles. The van der Waals surface area contributed by atoms with Gasteiger partial charge in [-0.1, -0.05) is 41.3 Å². The van der Waals surface area contributed by atoms with Crippen LogP contribution in [0.3, 0.4) is 0 Å². The molecule has 0 saturated heterocycles. The zero-order valence-corrected chi connectivity index (χ0v) is 16.0. The van der Waals surface area contributed by atoms with Gasteiger partial charge in [-0.3, -0.25) is 4.79 Å². The summed E-state index contributed by atoms with van der Waals surface area (Å²) in [6, 6.07) is 14.0. The van der Waals surface area contributed by atoms with Gasteiger partial charge in [-0.2, -0.15) is 4.98 Å². The quantitative estimate of drug-likeness (QED) is 0.625. The minimum atomic E-state index is -0.651. The molecule has 1 amide bonds. The van der Waals surface area contributed by atoms with Gasteiger partial charge in [0.1, 0.15) is 5.75 Å². The molecule has 3 aromatic rings. The van der Waals surface area contributed by atoms with Crippen molar-refractivity contribution >= 4 is 29.1 Å². The molecule has 27 heavy (non-hydrogen) atoms. The zero-order valence-electron chi connectivity index (χ0n) is 14.5. The Morgan fingerprint density at radius 1 is 1.19 bits per heavy atom. The van der Waals surface area contributed by atoms with Gasteiger partial charge in [-0.15, -0.1) is 0 Å². The lowest BCUT2D eigenvalue weighted by atomic mass is 10.2. The summed E-state index contributed by atoms with van der Waals surface area (Å²) in [6.07, 6.45) is -0.153. The number of carbonyl (C=O) groups excluding carboxylic acids is 1. The average molecular weight is 406 g/mol. The van der Waals surface area contributed by atoms with Crippen molar-refractivity contribution in [2.45, 2.75) is 26.0 Å². The normalized spacial score (nSPS) is 11.8. The highest BCUT2D eigenvalue weighted by Crippen LogP contribution is 2.20. The maximum Gasteiger partial charge on any atom is 0.261 e. The summed E-state index contributed by atoms with van der Waals surface area (Å²) >= 11 is 11.8. The van der Waals surface area contributed by atoms with Crippen LogP contribution in [0.25, 0.3) is 11.4 Å². The van der Waals surface area contributed by atoms with Crippen LogP contribution in [0, 0.1) is 0 Å². The first-order valence-corrected chi connectivity index (χ1v) is 9.09. The van der Waals surface area contributed by atoms with Crippen LogP contribution in [0.1, 0.15) is 19.2 Å². The van der Waals surface area contributed by atoms with E-state index in [4.69, 9.17) is 32.5 Å². The van der Waals surface area contributed by atoms with Crippen molar-refractivity contribution in [1.29, 1.82) is 0 Å². The van der Waals surface area contributed by atoms with Gasteiger partial charge < -0.3 is 14.6 Å². The number of carbonyl (C=O) groups is 1. The summed E-state index contributed by atoms with van der Waals surface area (Å²) in [5.41, 5.74) is 0.774. The average Bonchev–Trinajstić information content (AvgIpc) is 3.14. The Morgan fingerprint density at radius 3 is 2.67 bits per heavy atom. The van der Waals surface area contributed by atoms with E-state index in [0.29, 0.717) is 33.9 Å². The first-order chi connectivity index (χ1) is 13.0. The van der Waals surface area contributed by atoms with Crippen LogP contribution in [-0.2, 0) is 11.3 Å². The van der Waals surface area contributed by atoms with Crippen LogP contribution in [-0.4, -0.2) is 22.2 Å². The van der Waals surface area contributed by atoms with Crippen LogP contribution in [0.15, 0.2) is 53.1 Å². The third kappa shape index (κ3) is 5.21. The molecule has 0 bridgehead atoms. The lowest BCUT2D eigenvalue weighted by molar-refractivity contribution is -0.128. The Kier molecular flexibility index (Phi) is 6.32. The third-order valence-corrected chi connectivity index (χ3v) is 4.21. The Hall–Kier alpha value is -2.57. The molecule has 0 aliphatic rings. The number of halogens is 2. The van der Waals surface area contributed by atoms with Gasteiger partial charge in [0.25, 0.3) is 5.91 Å². The second-order valence-electron chi connectivity index (χ2n) is 5.71. The molecule has 2 aromatic carbocycles. The fourth-order valence-corrected chi connectivity index (χ4v) is 2.65. The minimum Gasteiger partial charge on any atom is -0.481 e. The highest BCUT2D eigenvalue weighted by molar-refractivity contribution is 6.30. The third-order valence-electron chi connectivity index (χ3n) is 3.72. The van der Waals surface area contributed by atoms with Gasteiger partial charge in [0.05, 0.1) is 6.54 Å². The number of ether oxygens (including phenoxy) is 1. The molecule has 0 spiro atoms. The maximum atomic E-state index is 12.4. The summed E-state index contributed by atoms with van der Waals surface area (Å²) in [5, 5.41) is 7.82. The number of amides is 1. The largest absolute Gasteiger partial charge is 0.481 e. The van der Waals surface area contributed by atoms with Crippen LogP contribution in [0.4, 0.5) is 0 Å². The summed E-state index contributed by atoms with van der Waals surface area (Å²) < 4.78 is 10.9. The number of rotatable bonds is 7. The fourth-order valence-electron chi connectivity index (χ4n) is 2.35. The molecule has 0 radical (unpaired) electrons. The van der Waals surface area contributed by atoms with Crippen molar-refractivity contribution in [3.63, 3.8) is 0 Å². The van der Waals surface area contributed by atoms with Crippen molar-refractivity contribution in [3.05, 3.63) is 64.5 Å². The summed E-state index contributed by atoms with van der Waals surface area (Å²) in [4.78, 5) is 16.6. The molecular formula is C19H17Cl2N3O3. The first kappa shape index (κ1) is 19.2. The van der Waals surface area contributed by atoms with Crippen molar-refractivity contribution in [2.75, 3.05) is 0 Å². The predicted molar refractivity (Wildman–Crippen MR) is 103 cm³/mol. The van der Waals surface area contributed by atoms with E-state index in [-0.39, 0.29) is 12.5 Å². The molecule has 1 aromatic heterocycles. The number of aromatic nitrogens is 2. The second-order valence-corrected chi connectivity index (χ2v) is 6.58. The van der Waals surface area contributed by atoms with E-state index < -0.39 is 6.10 Å². The van der Waals surface area contributed by atoms with E-state index in [0.717, 1.165) is 5.56 Å². The van der Waals surface area contributed by atoms with E-state index in [1.54, 1.807) is 48.5 Å². The second kappa shape index (κ2) is 8.88. The SMILES string of the molecule is CCC(Oc1cccc(Cl)c1)C(=O)NCc1nc(-c2ccc(Cl)cc2)no1. The maximum absolute atomic E-state index is 12.4. The van der Waals surface area contributed by atoms with Crippen molar-refractivity contribution in [2.24, 2.45) is 0 Å². The number of nitrogens with zero attached hydrogens (tertiary/aromatic N) is 2. The van der Waals surface area contributed by atoms with Crippen LogP contribution >= 0.6 is 23.2 Å². The summed E-state index contributed by atoms with van der Waals surface area (Å²) in [6.45, 7) is 1.97. The number of hydrogen-bond donors (Lipinski definition) is 1. The standard InChI is InChI=1S/C19H17Cl2N3O3/c1-2-16(26-15-5-3-4-14(21)10-15)19(25)22-11-17-23-18(24-27-17)12-6-8-13(20)9-7-12/h3-10,16H,2,11H2,1H3,(H,22,25). The first-order valence-electron chi connectivity index (χ1n) is 8.33. The molecule has 0 fully saturated rings. The monoisotopic (exact) mass is 405 g/mol. The molecule has 1 N–H and O–H groups in total. The molecule has 1 atom stereocenters. The van der Waals surface area contributed by atoms with Gasteiger partial charge in [0.2, 0.25) is 11.7 Å². The van der Waals surface area contributed by atoms with E-state index in [1.165, 1.54) is 0 Å². The molecule has 1 unspecified atom stereocenters. The van der Waals surface area contributed by atoms with Crippen molar-refractivity contribution in [1.82, 2.24) is 15.5 Å². The number of nitrogens with one attached hydrogen (secondary N) is 1. The molecule has 1 heterocycles. The summed E-state index contributed by atoms with van der Waals surface area (Å²) in [5.74, 6) is 0.986. The van der Waals surface area contributed by atoms with Gasteiger partial charge in [0, 0.05) is 15.6 Å². The van der Waals surface area contributed by atoms with E-state index >= 15 is 0 Å². The van der Waals surface area contributed by atoms with E-state index in [2.05, 4.69) is 15.5 Å². The Morgan fingerprint density at radius 2 is 1.96 bits per heavy atom. The van der Waals surface area contributed by atoms with Crippen molar-refractivity contribution < 1.29 is 14.1 Å². The lowest BCUT2D eigenvalue weighted by Crippen LogP contribution is -2.37. The topological polar surface area (TPSA) is 77.2 Å². The predicted octanol–water partition coefficient (Wildman–Crippen LogP) is 4.52. The van der Waals surface area contributed by atoms with Gasteiger partial charge in [0.15, 0.2) is 6.10 Å². The highest BCUT2D eigenvalue weighted by Gasteiger charge is 2.19. The molecule has 140 valence electrons. The molecule has 0 saturated carbocycles. The molecule has 0 aliphatic carbocycles. The van der Waals surface area contributed by atoms with Crippen LogP contribution in [0.2, 0.25) is 10.0 Å². The van der Waals surface area contributed by atoms with Crippen molar-refractivity contribution in [3.8, 4) is 17.1 Å². The molecule has 3 rings (SSSR count). The minimum absolute atomic E-state index is 0.106. The molecular weight excluding hydrogens is 389 g/mol. The number of hydrogen-bond acceptors (Lipinski definition) is 5.